The number of H-pyrrole nitrogens is 1. The predicted octanol–water partition coefficient (Wildman–Crippen LogP) is 2.76. The van der Waals surface area contributed by atoms with E-state index in [1.165, 1.54) is 10.4 Å². The molecule has 0 spiro atoms. The largest absolute Gasteiger partial charge is 0.341 e. The number of nitrogens with one attached hydrogen (secondary N) is 1. The molecule has 1 amide bonds. The van der Waals surface area contributed by atoms with Gasteiger partial charge in [-0.1, -0.05) is 6.07 Å². The van der Waals surface area contributed by atoms with Gasteiger partial charge in [-0.2, -0.15) is 5.10 Å². The van der Waals surface area contributed by atoms with Gasteiger partial charge in [0.2, 0.25) is 5.91 Å². The molecule has 5 nitrogen and oxygen atoms in total. The van der Waals surface area contributed by atoms with E-state index in [0.29, 0.717) is 6.42 Å². The Bertz CT molecular complexity index is 665. The summed E-state index contributed by atoms with van der Waals surface area (Å²) < 4.78 is 0. The van der Waals surface area contributed by atoms with Crippen molar-refractivity contribution < 1.29 is 4.79 Å². The molecule has 0 saturated carbocycles. The van der Waals surface area contributed by atoms with Gasteiger partial charge in [-0.3, -0.25) is 14.8 Å². The summed E-state index contributed by atoms with van der Waals surface area (Å²) in [5, 5.41) is 9.42. The molecule has 1 fully saturated rings. The van der Waals surface area contributed by atoms with Crippen LogP contribution < -0.4 is 0 Å². The zero-order chi connectivity index (χ0) is 16.9. The highest BCUT2D eigenvalue weighted by atomic mass is 32.1. The van der Waals surface area contributed by atoms with Gasteiger partial charge in [0.15, 0.2) is 0 Å². The first-order chi connectivity index (χ1) is 11.6. The molecule has 2 aromatic heterocycles. The van der Waals surface area contributed by atoms with Gasteiger partial charge < -0.3 is 4.90 Å². The zero-order valence-electron chi connectivity index (χ0n) is 14.5. The van der Waals surface area contributed by atoms with Crippen molar-refractivity contribution in [2.45, 2.75) is 39.7 Å². The first kappa shape index (κ1) is 17.2. The lowest BCUT2D eigenvalue weighted by atomic mass is 10.1. The molecule has 0 aliphatic carbocycles. The summed E-state index contributed by atoms with van der Waals surface area (Å²) in [4.78, 5) is 18.4. The van der Waals surface area contributed by atoms with Crippen LogP contribution in [0.5, 0.6) is 0 Å². The minimum Gasteiger partial charge on any atom is -0.341 e. The van der Waals surface area contributed by atoms with Gasteiger partial charge in [0.05, 0.1) is 5.69 Å². The molecule has 24 heavy (non-hydrogen) atoms. The molecule has 6 heteroatoms. The number of rotatable bonds is 5. The fourth-order valence-corrected chi connectivity index (χ4v) is 3.91. The Morgan fingerprint density at radius 1 is 1.29 bits per heavy atom. The van der Waals surface area contributed by atoms with Gasteiger partial charge in [0.1, 0.15) is 0 Å². The summed E-state index contributed by atoms with van der Waals surface area (Å²) in [5.74, 6) is 0.257. The van der Waals surface area contributed by atoms with Gasteiger partial charge in [-0.15, -0.1) is 11.3 Å². The molecular formula is C18H26N4OS. The second kappa shape index (κ2) is 7.94. The third-order valence-electron chi connectivity index (χ3n) is 4.83. The van der Waals surface area contributed by atoms with Crippen molar-refractivity contribution >= 4 is 17.2 Å². The van der Waals surface area contributed by atoms with E-state index in [9.17, 15) is 4.79 Å². The highest BCUT2D eigenvalue weighted by Crippen LogP contribution is 2.15. The highest BCUT2D eigenvalue weighted by molar-refractivity contribution is 7.09. The summed E-state index contributed by atoms with van der Waals surface area (Å²) in [7, 11) is 0. The van der Waals surface area contributed by atoms with Crippen molar-refractivity contribution in [1.82, 2.24) is 20.0 Å². The fourth-order valence-electron chi connectivity index (χ4n) is 3.16. The van der Waals surface area contributed by atoms with Gasteiger partial charge in [-0.25, -0.2) is 0 Å². The first-order valence-electron chi connectivity index (χ1n) is 8.66. The Balaban J connectivity index is 1.48. The Morgan fingerprint density at radius 3 is 2.88 bits per heavy atom. The van der Waals surface area contributed by atoms with Crippen LogP contribution in [0.1, 0.15) is 34.7 Å². The number of carbonyl (C=O) groups is 1. The normalized spacial score (nSPS) is 16.3. The van der Waals surface area contributed by atoms with Crippen LogP contribution in [0.2, 0.25) is 0 Å². The number of aromatic amines is 1. The van der Waals surface area contributed by atoms with Crippen LogP contribution in [0, 0.1) is 13.8 Å². The summed E-state index contributed by atoms with van der Waals surface area (Å²) >= 11 is 1.81. The van der Waals surface area contributed by atoms with E-state index in [1.54, 1.807) is 0 Å². The minimum atomic E-state index is 0.257. The number of aryl methyl sites for hydroxylation is 2. The molecule has 1 N–H and O–H groups in total. The standard InChI is InChI=1S/C18H26N4OS/c1-14-15(2)19-20-17(14)6-7-18(23)22-9-4-8-21(10-11-22)13-16-5-3-12-24-16/h3,5,12H,4,6-11,13H2,1-2H3,(H,19,20). The first-order valence-corrected chi connectivity index (χ1v) is 9.54. The number of hydrogen-bond donors (Lipinski definition) is 1. The average molecular weight is 347 g/mol. The fraction of sp³-hybridized carbons (Fsp3) is 0.556. The summed E-state index contributed by atoms with van der Waals surface area (Å²) in [6.07, 6.45) is 2.33. The monoisotopic (exact) mass is 346 g/mol. The number of nitrogens with zero attached hydrogens (tertiary/aromatic N) is 3. The molecule has 1 aliphatic heterocycles. The Kier molecular flexibility index (Phi) is 5.68. The van der Waals surface area contributed by atoms with Gasteiger partial charge in [0, 0.05) is 56.1 Å². The van der Waals surface area contributed by atoms with Crippen molar-refractivity contribution in [2.24, 2.45) is 0 Å². The number of thiophene rings is 1. The summed E-state index contributed by atoms with van der Waals surface area (Å²) in [5.41, 5.74) is 3.30. The van der Waals surface area contributed by atoms with E-state index in [0.717, 1.165) is 57.0 Å². The third kappa shape index (κ3) is 4.24. The van der Waals surface area contributed by atoms with Crippen LogP contribution in [0.3, 0.4) is 0 Å². The lowest BCUT2D eigenvalue weighted by Gasteiger charge is -2.21. The van der Waals surface area contributed by atoms with Gasteiger partial charge in [0.25, 0.3) is 0 Å². The molecule has 130 valence electrons. The summed E-state index contributed by atoms with van der Waals surface area (Å²) in [6.45, 7) is 8.83. The Hall–Kier alpha value is -1.66. The summed E-state index contributed by atoms with van der Waals surface area (Å²) in [6, 6.07) is 4.29. The van der Waals surface area contributed by atoms with Crippen molar-refractivity contribution in [3.05, 3.63) is 39.3 Å². The Labute approximate surface area is 147 Å². The number of hydrogen-bond acceptors (Lipinski definition) is 4. The molecular weight excluding hydrogens is 320 g/mol. The van der Waals surface area contributed by atoms with Gasteiger partial charge >= 0.3 is 0 Å². The molecule has 0 unspecified atom stereocenters. The zero-order valence-corrected chi connectivity index (χ0v) is 15.4. The topological polar surface area (TPSA) is 52.2 Å². The lowest BCUT2D eigenvalue weighted by molar-refractivity contribution is -0.131. The van der Waals surface area contributed by atoms with Crippen molar-refractivity contribution in [2.75, 3.05) is 26.2 Å². The maximum atomic E-state index is 12.5. The van der Waals surface area contributed by atoms with Gasteiger partial charge in [-0.05, 0) is 37.3 Å². The molecule has 0 aromatic carbocycles. The molecule has 2 aromatic rings. The van der Waals surface area contributed by atoms with Crippen molar-refractivity contribution in [3.8, 4) is 0 Å². The second-order valence-electron chi connectivity index (χ2n) is 6.51. The number of amides is 1. The molecule has 0 atom stereocenters. The second-order valence-corrected chi connectivity index (χ2v) is 7.54. The van der Waals surface area contributed by atoms with Crippen LogP contribution in [0.25, 0.3) is 0 Å². The quantitative estimate of drug-likeness (QED) is 0.906. The molecule has 0 bridgehead atoms. The smallest absolute Gasteiger partial charge is 0.223 e. The van der Waals surface area contributed by atoms with E-state index in [4.69, 9.17) is 0 Å². The number of aromatic nitrogens is 2. The van der Waals surface area contributed by atoms with Crippen LogP contribution in [-0.4, -0.2) is 52.1 Å². The molecule has 3 rings (SSSR count). The average Bonchev–Trinajstić information content (AvgIpc) is 3.11. The molecule has 1 aliphatic rings. The Morgan fingerprint density at radius 2 is 2.17 bits per heavy atom. The van der Waals surface area contributed by atoms with E-state index in [-0.39, 0.29) is 5.91 Å². The maximum Gasteiger partial charge on any atom is 0.223 e. The maximum absolute atomic E-state index is 12.5. The lowest BCUT2D eigenvalue weighted by Crippen LogP contribution is -2.35. The van der Waals surface area contributed by atoms with Crippen LogP contribution >= 0.6 is 11.3 Å². The molecule has 3 heterocycles. The SMILES string of the molecule is Cc1[nH]nc(CCC(=O)N2CCCN(Cc3cccs3)CC2)c1C. The van der Waals surface area contributed by atoms with E-state index in [2.05, 4.69) is 39.5 Å². The van der Waals surface area contributed by atoms with Crippen molar-refractivity contribution in [3.63, 3.8) is 0 Å². The predicted molar refractivity (Wildman–Crippen MR) is 97.2 cm³/mol. The third-order valence-corrected chi connectivity index (χ3v) is 5.69. The minimum absolute atomic E-state index is 0.257. The van der Waals surface area contributed by atoms with Crippen LogP contribution in [-0.2, 0) is 17.8 Å². The van der Waals surface area contributed by atoms with E-state index < -0.39 is 0 Å². The van der Waals surface area contributed by atoms with Crippen LogP contribution in [0.4, 0.5) is 0 Å². The van der Waals surface area contributed by atoms with Crippen molar-refractivity contribution in [1.29, 1.82) is 0 Å². The van der Waals surface area contributed by atoms with E-state index >= 15 is 0 Å². The molecule has 0 radical (unpaired) electrons. The van der Waals surface area contributed by atoms with Crippen LogP contribution in [0.15, 0.2) is 17.5 Å². The molecule has 1 saturated heterocycles. The highest BCUT2D eigenvalue weighted by Gasteiger charge is 2.20. The van der Waals surface area contributed by atoms with E-state index in [1.807, 2.05) is 23.2 Å². The number of carbonyl (C=O) groups excluding carboxylic acids is 1.